The molecular weight excluding hydrogens is 330 g/mol. The Morgan fingerprint density at radius 2 is 1.44 bits per heavy atom. The second-order valence-electron chi connectivity index (χ2n) is 5.96. The van der Waals surface area contributed by atoms with E-state index in [1.807, 2.05) is 30.3 Å². The maximum atomic E-state index is 13.3. The number of hydrogen-bond acceptors (Lipinski definition) is 1. The quantitative estimate of drug-likeness (QED) is 0.474. The topological polar surface area (TPSA) is 20.2 Å². The van der Waals surface area contributed by atoms with Gasteiger partial charge in [-0.1, -0.05) is 54.6 Å². The van der Waals surface area contributed by atoms with Crippen LogP contribution in [0.3, 0.4) is 0 Å². The minimum absolute atomic E-state index is 0.243. The molecule has 0 spiro atoms. The highest BCUT2D eigenvalue weighted by atomic mass is 31.0. The second kappa shape index (κ2) is 6.31. The van der Waals surface area contributed by atoms with Gasteiger partial charge in [0.25, 0.3) is 0 Å². The molecule has 0 aliphatic heterocycles. The maximum absolute atomic E-state index is 13.3. The zero-order valence-corrected chi connectivity index (χ0v) is 14.6. The molecule has 0 radical (unpaired) electrons. The normalized spacial score (nSPS) is 11.0. The molecule has 0 aliphatic carbocycles. The molecule has 0 aliphatic rings. The minimum Gasteiger partial charge on any atom is -0.507 e. The zero-order valence-electron chi connectivity index (χ0n) is 13.4. The Hall–Kier alpha value is -2.70. The zero-order chi connectivity index (χ0) is 17.4. The number of phenols is 1. The first-order valence-corrected chi connectivity index (χ1v) is 8.58. The lowest BCUT2D eigenvalue weighted by Crippen LogP contribution is -2.03. The predicted molar refractivity (Wildman–Crippen MR) is 106 cm³/mol. The molecule has 122 valence electrons. The lowest BCUT2D eigenvalue weighted by Gasteiger charge is -2.16. The second-order valence-corrected chi connectivity index (χ2v) is 6.54. The summed E-state index contributed by atoms with van der Waals surface area (Å²) in [5, 5.41) is 13.5. The van der Waals surface area contributed by atoms with E-state index in [1.54, 1.807) is 18.2 Å². The van der Waals surface area contributed by atoms with Gasteiger partial charge >= 0.3 is 0 Å². The van der Waals surface area contributed by atoms with Crippen LogP contribution in [0.1, 0.15) is 0 Å². The molecule has 3 heteroatoms. The van der Waals surface area contributed by atoms with Crippen molar-refractivity contribution in [2.45, 2.75) is 0 Å². The Bertz CT molecular complexity index is 1070. The van der Waals surface area contributed by atoms with Gasteiger partial charge in [0.15, 0.2) is 0 Å². The van der Waals surface area contributed by atoms with Crippen molar-refractivity contribution in [1.29, 1.82) is 0 Å². The minimum atomic E-state index is -0.254. The molecule has 1 atom stereocenters. The first-order chi connectivity index (χ1) is 12.1. The Labute approximate surface area is 148 Å². The summed E-state index contributed by atoms with van der Waals surface area (Å²) in [6.07, 6.45) is 0. The average molecular weight is 346 g/mol. The summed E-state index contributed by atoms with van der Waals surface area (Å²) in [6, 6.07) is 24.0. The molecule has 0 saturated carbocycles. The van der Waals surface area contributed by atoms with Crippen molar-refractivity contribution >= 4 is 25.3 Å². The fourth-order valence-corrected chi connectivity index (χ4v) is 3.77. The van der Waals surface area contributed by atoms with E-state index >= 15 is 0 Å². The molecule has 4 rings (SSSR count). The van der Waals surface area contributed by atoms with Crippen LogP contribution in [-0.4, -0.2) is 5.11 Å². The third-order valence-corrected chi connectivity index (χ3v) is 5.02. The molecule has 4 aromatic rings. The van der Waals surface area contributed by atoms with E-state index in [0.717, 1.165) is 38.3 Å². The molecule has 0 heterocycles. The molecule has 1 unspecified atom stereocenters. The third kappa shape index (κ3) is 2.79. The molecule has 0 saturated heterocycles. The Kier molecular flexibility index (Phi) is 3.99. The van der Waals surface area contributed by atoms with Gasteiger partial charge in [0.2, 0.25) is 0 Å². The standard InChI is InChI=1S/C22H16FOP/c23-16-11-9-14(10-12-16)19-13-15-5-1-2-6-17(15)21(22(19)25)18-7-3-4-8-20(18)24/h1-13,24H,25H2. The number of fused-ring (bicyclic) bond motifs is 1. The molecular formula is C22H16FOP. The fourth-order valence-electron chi connectivity index (χ4n) is 3.21. The van der Waals surface area contributed by atoms with E-state index < -0.39 is 0 Å². The van der Waals surface area contributed by atoms with Gasteiger partial charge in [-0.3, -0.25) is 0 Å². The Morgan fingerprint density at radius 1 is 0.760 bits per heavy atom. The van der Waals surface area contributed by atoms with E-state index in [9.17, 15) is 9.50 Å². The number of hydrogen-bond donors (Lipinski definition) is 1. The summed E-state index contributed by atoms with van der Waals surface area (Å²) in [5.74, 6) is -0.0108. The molecule has 25 heavy (non-hydrogen) atoms. The third-order valence-electron chi connectivity index (χ3n) is 4.42. The van der Waals surface area contributed by atoms with Gasteiger partial charge in [-0.15, -0.1) is 9.24 Å². The summed E-state index contributed by atoms with van der Waals surface area (Å²) >= 11 is 0. The van der Waals surface area contributed by atoms with Crippen molar-refractivity contribution in [2.75, 3.05) is 0 Å². The van der Waals surface area contributed by atoms with Crippen LogP contribution in [0, 0.1) is 5.82 Å². The predicted octanol–water partition coefficient (Wildman–Crippen LogP) is 5.52. The highest BCUT2D eigenvalue weighted by Crippen LogP contribution is 2.37. The smallest absolute Gasteiger partial charge is 0.123 e. The first kappa shape index (κ1) is 15.8. The monoisotopic (exact) mass is 346 g/mol. The molecule has 0 amide bonds. The number of phenolic OH excluding ortho intramolecular Hbond substituents is 1. The lowest BCUT2D eigenvalue weighted by molar-refractivity contribution is 0.477. The van der Waals surface area contributed by atoms with Gasteiger partial charge in [-0.05, 0) is 51.5 Å². The van der Waals surface area contributed by atoms with Crippen LogP contribution < -0.4 is 5.30 Å². The fraction of sp³-hybridized carbons (Fsp3) is 0. The number of para-hydroxylation sites is 1. The van der Waals surface area contributed by atoms with E-state index in [1.165, 1.54) is 12.1 Å². The van der Waals surface area contributed by atoms with Gasteiger partial charge in [0, 0.05) is 11.1 Å². The maximum Gasteiger partial charge on any atom is 0.123 e. The average Bonchev–Trinajstić information content (AvgIpc) is 2.63. The van der Waals surface area contributed by atoms with Gasteiger partial charge < -0.3 is 5.11 Å². The van der Waals surface area contributed by atoms with Crippen LogP contribution >= 0.6 is 9.24 Å². The highest BCUT2D eigenvalue weighted by Gasteiger charge is 2.15. The van der Waals surface area contributed by atoms with Crippen LogP contribution in [0.4, 0.5) is 4.39 Å². The molecule has 0 bridgehead atoms. The van der Waals surface area contributed by atoms with Crippen molar-refractivity contribution in [3.8, 4) is 28.0 Å². The van der Waals surface area contributed by atoms with Crippen LogP contribution in [0.25, 0.3) is 33.0 Å². The highest BCUT2D eigenvalue weighted by molar-refractivity contribution is 7.28. The Balaban J connectivity index is 2.09. The summed E-state index contributed by atoms with van der Waals surface area (Å²) in [5.41, 5.74) is 3.70. The Morgan fingerprint density at radius 3 is 2.20 bits per heavy atom. The molecule has 1 N–H and O–H groups in total. The van der Waals surface area contributed by atoms with Crippen molar-refractivity contribution in [2.24, 2.45) is 0 Å². The van der Waals surface area contributed by atoms with Crippen molar-refractivity contribution < 1.29 is 9.50 Å². The van der Waals surface area contributed by atoms with E-state index in [0.29, 0.717) is 0 Å². The number of halogens is 1. The number of aromatic hydroxyl groups is 1. The summed E-state index contributed by atoms with van der Waals surface area (Å²) < 4.78 is 13.3. The van der Waals surface area contributed by atoms with E-state index in [-0.39, 0.29) is 11.6 Å². The van der Waals surface area contributed by atoms with E-state index in [4.69, 9.17) is 0 Å². The summed E-state index contributed by atoms with van der Waals surface area (Å²) in [4.78, 5) is 0. The molecule has 1 nitrogen and oxygen atoms in total. The first-order valence-electron chi connectivity index (χ1n) is 8.00. The summed E-state index contributed by atoms with van der Waals surface area (Å²) in [6.45, 7) is 0. The SMILES string of the molecule is Oc1ccccc1-c1c(P)c(-c2ccc(F)cc2)cc2ccccc12. The summed E-state index contributed by atoms with van der Waals surface area (Å²) in [7, 11) is 2.79. The van der Waals surface area contributed by atoms with Crippen LogP contribution in [0.15, 0.2) is 78.9 Å². The van der Waals surface area contributed by atoms with E-state index in [2.05, 4.69) is 27.4 Å². The molecule has 4 aromatic carbocycles. The molecule has 0 aromatic heterocycles. The molecule has 0 fully saturated rings. The lowest BCUT2D eigenvalue weighted by atomic mass is 9.92. The van der Waals surface area contributed by atoms with Gasteiger partial charge in [0.1, 0.15) is 11.6 Å². The van der Waals surface area contributed by atoms with Gasteiger partial charge in [-0.2, -0.15) is 0 Å². The van der Waals surface area contributed by atoms with Crippen molar-refractivity contribution in [1.82, 2.24) is 0 Å². The number of rotatable bonds is 2. The largest absolute Gasteiger partial charge is 0.507 e. The van der Waals surface area contributed by atoms with Crippen LogP contribution in [0.5, 0.6) is 5.75 Å². The van der Waals surface area contributed by atoms with Crippen LogP contribution in [-0.2, 0) is 0 Å². The van der Waals surface area contributed by atoms with Gasteiger partial charge in [-0.25, -0.2) is 4.39 Å². The number of benzene rings is 4. The van der Waals surface area contributed by atoms with Crippen molar-refractivity contribution in [3.05, 3.63) is 84.7 Å². The van der Waals surface area contributed by atoms with Crippen molar-refractivity contribution in [3.63, 3.8) is 0 Å². The van der Waals surface area contributed by atoms with Gasteiger partial charge in [0.05, 0.1) is 0 Å². The van der Waals surface area contributed by atoms with Crippen LogP contribution in [0.2, 0.25) is 0 Å².